The average molecular weight is 163 g/mol. The van der Waals surface area contributed by atoms with Gasteiger partial charge in [-0.1, -0.05) is 25.1 Å². The van der Waals surface area contributed by atoms with E-state index in [1.807, 2.05) is 25.1 Å². The summed E-state index contributed by atoms with van der Waals surface area (Å²) in [5.41, 5.74) is 0.597. The molecule has 12 heavy (non-hydrogen) atoms. The first-order chi connectivity index (χ1) is 5.84. The molecule has 0 amide bonds. The van der Waals surface area contributed by atoms with Crippen LogP contribution >= 0.6 is 0 Å². The van der Waals surface area contributed by atoms with Crippen molar-refractivity contribution < 1.29 is 9.53 Å². The Morgan fingerprint density at radius 2 is 2.08 bits per heavy atom. The van der Waals surface area contributed by atoms with Gasteiger partial charge >= 0.3 is 5.97 Å². The van der Waals surface area contributed by atoms with E-state index in [0.29, 0.717) is 12.2 Å². The number of ether oxygens (including phenoxy) is 1. The van der Waals surface area contributed by atoms with E-state index in [1.165, 1.54) is 0 Å². The van der Waals surface area contributed by atoms with E-state index in [2.05, 4.69) is 0 Å². The molecule has 0 aromatic heterocycles. The Morgan fingerprint density at radius 3 is 2.67 bits per heavy atom. The van der Waals surface area contributed by atoms with Crippen LogP contribution in [-0.2, 0) is 4.74 Å². The van der Waals surface area contributed by atoms with Gasteiger partial charge in [-0.25, -0.2) is 4.79 Å². The summed E-state index contributed by atoms with van der Waals surface area (Å²) in [5, 5.41) is 0. The molecule has 0 saturated heterocycles. The van der Waals surface area contributed by atoms with Crippen molar-refractivity contribution in [3.05, 3.63) is 42.3 Å². The second-order valence-electron chi connectivity index (χ2n) is 2.37. The smallest absolute Gasteiger partial charge is 0.338 e. The number of carbonyl (C=O) groups excluding carboxylic acids is 1. The van der Waals surface area contributed by atoms with Crippen LogP contribution in [0.1, 0.15) is 17.3 Å². The molecule has 2 nitrogen and oxygen atoms in total. The molecule has 0 atom stereocenters. The zero-order valence-corrected chi connectivity index (χ0v) is 6.99. The molecule has 2 heteroatoms. The summed E-state index contributed by atoms with van der Waals surface area (Å²) in [7, 11) is 0. The van der Waals surface area contributed by atoms with Crippen molar-refractivity contribution in [2.24, 2.45) is 0 Å². The molecule has 0 aliphatic rings. The van der Waals surface area contributed by atoms with Crippen LogP contribution < -0.4 is 0 Å². The molecule has 1 radical (unpaired) electrons. The predicted octanol–water partition coefficient (Wildman–Crippen LogP) is 2.07. The third-order valence-electron chi connectivity index (χ3n) is 1.39. The first-order valence-electron chi connectivity index (χ1n) is 3.84. The van der Waals surface area contributed by atoms with Gasteiger partial charge in [-0.15, -0.1) is 0 Å². The van der Waals surface area contributed by atoms with Gasteiger partial charge < -0.3 is 4.74 Å². The lowest BCUT2D eigenvalue weighted by Gasteiger charge is -2.01. The van der Waals surface area contributed by atoms with Crippen molar-refractivity contribution in [3.8, 4) is 0 Å². The molecule has 63 valence electrons. The number of hydrogen-bond donors (Lipinski definition) is 0. The number of benzene rings is 1. The average Bonchev–Trinajstić information content (AvgIpc) is 2.15. The molecule has 0 aliphatic carbocycles. The maximum absolute atomic E-state index is 11.2. The van der Waals surface area contributed by atoms with Gasteiger partial charge in [0.15, 0.2) is 0 Å². The van der Waals surface area contributed by atoms with Crippen LogP contribution in [0.3, 0.4) is 0 Å². The minimum Gasteiger partial charge on any atom is -0.462 e. The highest BCUT2D eigenvalue weighted by Gasteiger charge is 2.03. The molecule has 0 bridgehead atoms. The highest BCUT2D eigenvalue weighted by Crippen LogP contribution is 2.00. The van der Waals surface area contributed by atoms with Gasteiger partial charge in [0.2, 0.25) is 0 Å². The van der Waals surface area contributed by atoms with Crippen molar-refractivity contribution in [1.82, 2.24) is 0 Å². The van der Waals surface area contributed by atoms with Gasteiger partial charge in [0.1, 0.15) is 0 Å². The molecule has 0 unspecified atom stereocenters. The second-order valence-corrected chi connectivity index (χ2v) is 2.37. The predicted molar refractivity (Wildman–Crippen MR) is 46.7 cm³/mol. The number of esters is 1. The van der Waals surface area contributed by atoms with Gasteiger partial charge in [-0.3, -0.25) is 0 Å². The van der Waals surface area contributed by atoms with Gasteiger partial charge in [0, 0.05) is 0 Å². The summed E-state index contributed by atoms with van der Waals surface area (Å²) >= 11 is 0. The van der Waals surface area contributed by atoms with Crippen LogP contribution in [0.15, 0.2) is 30.3 Å². The first kappa shape index (κ1) is 8.78. The van der Waals surface area contributed by atoms with E-state index in [-0.39, 0.29) is 5.97 Å². The second kappa shape index (κ2) is 4.54. The summed E-state index contributed by atoms with van der Waals surface area (Å²) in [4.78, 5) is 11.2. The summed E-state index contributed by atoms with van der Waals surface area (Å²) in [6, 6.07) is 8.96. The highest BCUT2D eigenvalue weighted by molar-refractivity contribution is 5.89. The van der Waals surface area contributed by atoms with Crippen LogP contribution in [0, 0.1) is 6.42 Å². The molecule has 0 saturated carbocycles. The Hall–Kier alpha value is -1.31. The van der Waals surface area contributed by atoms with Gasteiger partial charge in [0.25, 0.3) is 0 Å². The fourth-order valence-corrected chi connectivity index (χ4v) is 0.817. The molecule has 1 aromatic rings. The fourth-order valence-electron chi connectivity index (χ4n) is 0.817. The molecule has 0 N–H and O–H groups in total. The normalized spacial score (nSPS) is 9.42. The van der Waals surface area contributed by atoms with E-state index in [0.717, 1.165) is 0 Å². The van der Waals surface area contributed by atoms with Crippen molar-refractivity contribution in [1.29, 1.82) is 0 Å². The van der Waals surface area contributed by atoms with E-state index < -0.39 is 0 Å². The summed E-state index contributed by atoms with van der Waals surface area (Å²) in [6.45, 7) is 2.21. The molecular weight excluding hydrogens is 152 g/mol. The Labute approximate surface area is 72.2 Å². The largest absolute Gasteiger partial charge is 0.462 e. The monoisotopic (exact) mass is 163 g/mol. The summed E-state index contributed by atoms with van der Waals surface area (Å²) in [6.07, 6.45) is 1.79. The quantitative estimate of drug-likeness (QED) is 0.637. The Balaban J connectivity index is 2.54. The lowest BCUT2D eigenvalue weighted by Crippen LogP contribution is -2.05. The minimum absolute atomic E-state index is 0.270. The molecule has 1 aromatic carbocycles. The van der Waals surface area contributed by atoms with Crippen molar-refractivity contribution >= 4 is 5.97 Å². The maximum atomic E-state index is 11.2. The Morgan fingerprint density at radius 1 is 1.42 bits per heavy atom. The van der Waals surface area contributed by atoms with Gasteiger partial charge in [0.05, 0.1) is 12.2 Å². The Bertz CT molecular complexity index is 241. The van der Waals surface area contributed by atoms with Crippen LogP contribution in [0.25, 0.3) is 0 Å². The van der Waals surface area contributed by atoms with Crippen LogP contribution in [0.2, 0.25) is 0 Å². The molecular formula is C10H11O2. The van der Waals surface area contributed by atoms with Crippen molar-refractivity contribution in [3.63, 3.8) is 0 Å². The van der Waals surface area contributed by atoms with E-state index >= 15 is 0 Å². The summed E-state index contributed by atoms with van der Waals surface area (Å²) < 4.78 is 4.88. The minimum atomic E-state index is -0.270. The van der Waals surface area contributed by atoms with Crippen LogP contribution in [-0.4, -0.2) is 12.6 Å². The van der Waals surface area contributed by atoms with Gasteiger partial charge in [-0.2, -0.15) is 0 Å². The third-order valence-corrected chi connectivity index (χ3v) is 1.39. The Kier molecular flexibility index (Phi) is 3.33. The molecule has 0 aliphatic heterocycles. The number of carbonyl (C=O) groups is 1. The van der Waals surface area contributed by atoms with Crippen LogP contribution in [0.5, 0.6) is 0 Å². The fraction of sp³-hybridized carbons (Fsp3) is 0.200. The molecule has 0 fully saturated rings. The maximum Gasteiger partial charge on any atom is 0.338 e. The zero-order valence-electron chi connectivity index (χ0n) is 6.99. The standard InChI is InChI=1S/C10H11O2/c1-2-8-12-10(11)9-6-4-3-5-7-9/h2-7H,8H2,1H3. The van der Waals surface area contributed by atoms with E-state index in [9.17, 15) is 4.79 Å². The number of rotatable bonds is 3. The lowest BCUT2D eigenvalue weighted by atomic mass is 10.2. The highest BCUT2D eigenvalue weighted by atomic mass is 16.5. The van der Waals surface area contributed by atoms with E-state index in [4.69, 9.17) is 4.74 Å². The SMILES string of the molecule is C[CH]COC(=O)c1ccccc1. The van der Waals surface area contributed by atoms with E-state index in [1.54, 1.807) is 18.6 Å². The van der Waals surface area contributed by atoms with Gasteiger partial charge in [-0.05, 0) is 18.6 Å². The number of hydrogen-bond acceptors (Lipinski definition) is 2. The first-order valence-corrected chi connectivity index (χ1v) is 3.84. The van der Waals surface area contributed by atoms with Crippen LogP contribution in [0.4, 0.5) is 0 Å². The van der Waals surface area contributed by atoms with Crippen molar-refractivity contribution in [2.75, 3.05) is 6.61 Å². The molecule has 1 rings (SSSR count). The summed E-state index contributed by atoms with van der Waals surface area (Å²) in [5.74, 6) is -0.270. The molecule has 0 spiro atoms. The molecule has 0 heterocycles. The lowest BCUT2D eigenvalue weighted by molar-refractivity contribution is 0.0537. The zero-order chi connectivity index (χ0) is 8.81. The third kappa shape index (κ3) is 2.38. The topological polar surface area (TPSA) is 26.3 Å². The van der Waals surface area contributed by atoms with Crippen molar-refractivity contribution in [2.45, 2.75) is 6.92 Å².